The number of ether oxygens (including phenoxy) is 1. The normalized spacial score (nSPS) is 25.8. The highest BCUT2D eigenvalue weighted by Gasteiger charge is 2.32. The molecule has 0 spiro atoms. The van der Waals surface area contributed by atoms with Crippen molar-refractivity contribution in [1.82, 2.24) is 15.1 Å². The van der Waals surface area contributed by atoms with E-state index in [2.05, 4.69) is 24.1 Å². The summed E-state index contributed by atoms with van der Waals surface area (Å²) >= 11 is 0. The Balaban J connectivity index is 1.90. The van der Waals surface area contributed by atoms with Gasteiger partial charge in [0.1, 0.15) is 0 Å². The number of rotatable bonds is 6. The number of hydrogen-bond donors (Lipinski definition) is 1. The molecule has 2 aliphatic rings. The van der Waals surface area contributed by atoms with Gasteiger partial charge in [-0.25, -0.2) is 0 Å². The zero-order chi connectivity index (χ0) is 15.1. The van der Waals surface area contributed by atoms with Crippen LogP contribution < -0.4 is 5.32 Å². The van der Waals surface area contributed by atoms with E-state index in [9.17, 15) is 4.79 Å². The van der Waals surface area contributed by atoms with E-state index in [1.165, 1.54) is 19.3 Å². The van der Waals surface area contributed by atoms with Crippen LogP contribution in [-0.4, -0.2) is 73.7 Å². The standard InChI is InChI=1S/C16H31N3O2/c1-3-7-17-13-15-6-4-5-8-19(15)14(2)16(20)18-9-11-21-12-10-18/h14-15,17H,3-13H2,1-2H3. The van der Waals surface area contributed by atoms with E-state index in [4.69, 9.17) is 4.74 Å². The van der Waals surface area contributed by atoms with Gasteiger partial charge in [0, 0.05) is 25.7 Å². The Kier molecular flexibility index (Phi) is 6.93. The molecule has 2 fully saturated rings. The van der Waals surface area contributed by atoms with Crippen molar-refractivity contribution < 1.29 is 9.53 Å². The maximum Gasteiger partial charge on any atom is 0.239 e. The molecular formula is C16H31N3O2. The maximum absolute atomic E-state index is 12.7. The van der Waals surface area contributed by atoms with Crippen LogP contribution in [0.4, 0.5) is 0 Å². The molecule has 1 amide bonds. The summed E-state index contributed by atoms with van der Waals surface area (Å²) in [4.78, 5) is 17.1. The van der Waals surface area contributed by atoms with Crippen LogP contribution in [0.5, 0.6) is 0 Å². The second-order valence-electron chi connectivity index (χ2n) is 6.21. The summed E-state index contributed by atoms with van der Waals surface area (Å²) in [7, 11) is 0. The van der Waals surface area contributed by atoms with Crippen LogP contribution in [0.15, 0.2) is 0 Å². The van der Waals surface area contributed by atoms with Crippen LogP contribution in [0.1, 0.15) is 39.5 Å². The fourth-order valence-corrected chi connectivity index (χ4v) is 3.39. The first kappa shape index (κ1) is 16.7. The molecule has 0 aromatic heterocycles. The topological polar surface area (TPSA) is 44.8 Å². The van der Waals surface area contributed by atoms with E-state index in [1.807, 2.05) is 4.90 Å². The van der Waals surface area contributed by atoms with Gasteiger partial charge in [-0.2, -0.15) is 0 Å². The SMILES string of the molecule is CCCNCC1CCCCN1C(C)C(=O)N1CCOCC1. The van der Waals surface area contributed by atoms with Gasteiger partial charge in [0.25, 0.3) is 0 Å². The van der Waals surface area contributed by atoms with Crippen molar-refractivity contribution >= 4 is 5.91 Å². The molecule has 122 valence electrons. The second kappa shape index (κ2) is 8.71. The van der Waals surface area contributed by atoms with Gasteiger partial charge in [0.15, 0.2) is 0 Å². The number of nitrogens with one attached hydrogen (secondary N) is 1. The largest absolute Gasteiger partial charge is 0.378 e. The van der Waals surface area contributed by atoms with Gasteiger partial charge in [-0.05, 0) is 39.3 Å². The average Bonchev–Trinajstić information content (AvgIpc) is 2.55. The van der Waals surface area contributed by atoms with Crippen LogP contribution in [-0.2, 0) is 9.53 Å². The zero-order valence-electron chi connectivity index (χ0n) is 13.6. The predicted octanol–water partition coefficient (Wildman–Crippen LogP) is 1.09. The molecule has 0 bridgehead atoms. The van der Waals surface area contributed by atoms with Crippen LogP contribution in [0.2, 0.25) is 0 Å². The van der Waals surface area contributed by atoms with Gasteiger partial charge in [0.2, 0.25) is 5.91 Å². The van der Waals surface area contributed by atoms with E-state index in [-0.39, 0.29) is 11.9 Å². The van der Waals surface area contributed by atoms with E-state index in [0.717, 1.165) is 39.1 Å². The molecule has 2 heterocycles. The highest BCUT2D eigenvalue weighted by Crippen LogP contribution is 2.20. The molecule has 2 unspecified atom stereocenters. The average molecular weight is 297 g/mol. The lowest BCUT2D eigenvalue weighted by molar-refractivity contribution is -0.142. The number of nitrogens with zero attached hydrogens (tertiary/aromatic N) is 2. The van der Waals surface area contributed by atoms with Crippen molar-refractivity contribution in [2.75, 3.05) is 45.9 Å². The minimum atomic E-state index is -0.00294. The van der Waals surface area contributed by atoms with Crippen molar-refractivity contribution in [2.45, 2.75) is 51.6 Å². The monoisotopic (exact) mass is 297 g/mol. The Bertz CT molecular complexity index is 319. The van der Waals surface area contributed by atoms with Gasteiger partial charge >= 0.3 is 0 Å². The van der Waals surface area contributed by atoms with Gasteiger partial charge in [0.05, 0.1) is 19.3 Å². The molecule has 2 saturated heterocycles. The van der Waals surface area contributed by atoms with Crippen LogP contribution in [0.25, 0.3) is 0 Å². The molecule has 0 saturated carbocycles. The molecule has 2 atom stereocenters. The molecule has 0 radical (unpaired) electrons. The highest BCUT2D eigenvalue weighted by atomic mass is 16.5. The number of carbonyl (C=O) groups excluding carboxylic acids is 1. The minimum absolute atomic E-state index is 0.00294. The number of likely N-dealkylation sites (tertiary alicyclic amines) is 1. The molecule has 0 aromatic carbocycles. The van der Waals surface area contributed by atoms with Crippen molar-refractivity contribution in [3.05, 3.63) is 0 Å². The third-order valence-electron chi connectivity index (χ3n) is 4.66. The summed E-state index contributed by atoms with van der Waals surface area (Å²) in [5.74, 6) is 0.278. The predicted molar refractivity (Wildman–Crippen MR) is 84.4 cm³/mol. The Morgan fingerprint density at radius 1 is 1.29 bits per heavy atom. The summed E-state index contributed by atoms with van der Waals surface area (Å²) in [6.07, 6.45) is 4.87. The molecule has 5 heteroatoms. The number of amides is 1. The van der Waals surface area contributed by atoms with Gasteiger partial charge in [-0.3, -0.25) is 9.69 Å². The van der Waals surface area contributed by atoms with Crippen LogP contribution >= 0.6 is 0 Å². The van der Waals surface area contributed by atoms with Crippen LogP contribution in [0.3, 0.4) is 0 Å². The van der Waals surface area contributed by atoms with Gasteiger partial charge in [-0.1, -0.05) is 13.3 Å². The Morgan fingerprint density at radius 3 is 2.76 bits per heavy atom. The lowest BCUT2D eigenvalue weighted by atomic mass is 9.99. The first-order valence-corrected chi connectivity index (χ1v) is 8.57. The molecule has 2 aliphatic heterocycles. The quantitative estimate of drug-likeness (QED) is 0.746. The lowest BCUT2D eigenvalue weighted by Gasteiger charge is -2.41. The van der Waals surface area contributed by atoms with Crippen molar-refractivity contribution in [1.29, 1.82) is 0 Å². The summed E-state index contributed by atoms with van der Waals surface area (Å²) in [6.45, 7) is 10.2. The molecule has 21 heavy (non-hydrogen) atoms. The Labute approximate surface area is 129 Å². The van der Waals surface area contributed by atoms with Crippen molar-refractivity contribution in [3.63, 3.8) is 0 Å². The molecular weight excluding hydrogens is 266 g/mol. The van der Waals surface area contributed by atoms with E-state index in [0.29, 0.717) is 19.3 Å². The third kappa shape index (κ3) is 4.66. The lowest BCUT2D eigenvalue weighted by Crippen LogP contribution is -2.56. The fourth-order valence-electron chi connectivity index (χ4n) is 3.39. The summed E-state index contributed by atoms with van der Waals surface area (Å²) in [5.41, 5.74) is 0. The Morgan fingerprint density at radius 2 is 2.05 bits per heavy atom. The van der Waals surface area contributed by atoms with Gasteiger partial charge in [-0.15, -0.1) is 0 Å². The first-order chi connectivity index (χ1) is 10.2. The van der Waals surface area contributed by atoms with E-state index in [1.54, 1.807) is 0 Å². The van der Waals surface area contributed by atoms with Crippen molar-refractivity contribution in [2.24, 2.45) is 0 Å². The minimum Gasteiger partial charge on any atom is -0.378 e. The van der Waals surface area contributed by atoms with Crippen LogP contribution in [0, 0.1) is 0 Å². The van der Waals surface area contributed by atoms with E-state index < -0.39 is 0 Å². The van der Waals surface area contributed by atoms with Gasteiger partial charge < -0.3 is 15.0 Å². The van der Waals surface area contributed by atoms with Crippen molar-refractivity contribution in [3.8, 4) is 0 Å². The highest BCUT2D eigenvalue weighted by molar-refractivity contribution is 5.81. The zero-order valence-corrected chi connectivity index (χ0v) is 13.6. The maximum atomic E-state index is 12.7. The fraction of sp³-hybridized carbons (Fsp3) is 0.938. The number of morpholine rings is 1. The number of carbonyl (C=O) groups is 1. The number of piperidine rings is 1. The molecule has 0 aliphatic carbocycles. The number of hydrogen-bond acceptors (Lipinski definition) is 4. The second-order valence-corrected chi connectivity index (χ2v) is 6.21. The molecule has 2 rings (SSSR count). The Hall–Kier alpha value is -0.650. The molecule has 1 N–H and O–H groups in total. The summed E-state index contributed by atoms with van der Waals surface area (Å²) in [6, 6.07) is 0.502. The summed E-state index contributed by atoms with van der Waals surface area (Å²) in [5, 5.41) is 3.52. The third-order valence-corrected chi connectivity index (χ3v) is 4.66. The summed E-state index contributed by atoms with van der Waals surface area (Å²) < 4.78 is 5.34. The molecule has 0 aromatic rings. The first-order valence-electron chi connectivity index (χ1n) is 8.57. The van der Waals surface area contributed by atoms with E-state index >= 15 is 0 Å². The smallest absolute Gasteiger partial charge is 0.239 e. The molecule has 5 nitrogen and oxygen atoms in total.